The van der Waals surface area contributed by atoms with E-state index in [0.717, 1.165) is 19.3 Å². The number of aliphatic hydroxyl groups excluding tert-OH is 1. The fourth-order valence-corrected chi connectivity index (χ4v) is 2.86. The summed E-state index contributed by atoms with van der Waals surface area (Å²) in [7, 11) is 0. The molecule has 1 N–H and O–H groups in total. The van der Waals surface area contributed by atoms with Crippen LogP contribution in [-0.2, 0) is 5.41 Å². The molecule has 0 heterocycles. The van der Waals surface area contributed by atoms with Crippen LogP contribution in [0.1, 0.15) is 42.9 Å². The van der Waals surface area contributed by atoms with Crippen molar-refractivity contribution in [1.29, 1.82) is 0 Å². The first kappa shape index (κ1) is 10.7. The fourth-order valence-electron chi connectivity index (χ4n) is 2.86. The van der Waals surface area contributed by atoms with E-state index in [2.05, 4.69) is 39.0 Å². The van der Waals surface area contributed by atoms with Crippen LogP contribution >= 0.6 is 0 Å². The standard InChI is InChI=1S/C14H20O/c1-10-5-4-6-13(11(10)2)14(3)8-7-12(15)9-14/h4-6,12,15H,7-9H2,1-3H3. The molecular weight excluding hydrogens is 184 g/mol. The summed E-state index contributed by atoms with van der Waals surface area (Å²) in [6.45, 7) is 6.64. The van der Waals surface area contributed by atoms with Gasteiger partial charge in [-0.25, -0.2) is 0 Å². The van der Waals surface area contributed by atoms with E-state index in [1.807, 2.05) is 0 Å². The first-order valence-corrected chi connectivity index (χ1v) is 5.78. The highest BCUT2D eigenvalue weighted by molar-refractivity contribution is 5.39. The maximum atomic E-state index is 9.69. The van der Waals surface area contributed by atoms with Crippen molar-refractivity contribution in [3.8, 4) is 0 Å². The molecule has 1 nitrogen and oxygen atoms in total. The smallest absolute Gasteiger partial charge is 0.0549 e. The van der Waals surface area contributed by atoms with E-state index in [0.29, 0.717) is 0 Å². The first-order chi connectivity index (χ1) is 7.03. The maximum Gasteiger partial charge on any atom is 0.0549 e. The monoisotopic (exact) mass is 204 g/mol. The van der Waals surface area contributed by atoms with Crippen molar-refractivity contribution in [1.82, 2.24) is 0 Å². The van der Waals surface area contributed by atoms with Crippen LogP contribution in [-0.4, -0.2) is 11.2 Å². The molecule has 1 saturated carbocycles. The van der Waals surface area contributed by atoms with Crippen molar-refractivity contribution in [2.45, 2.75) is 51.6 Å². The van der Waals surface area contributed by atoms with E-state index in [1.54, 1.807) is 0 Å². The molecule has 1 aromatic carbocycles. The molecular formula is C14H20O. The number of benzene rings is 1. The van der Waals surface area contributed by atoms with Crippen molar-refractivity contribution < 1.29 is 5.11 Å². The minimum atomic E-state index is -0.102. The third-order valence-electron chi connectivity index (χ3n) is 3.97. The lowest BCUT2D eigenvalue weighted by atomic mass is 9.78. The highest BCUT2D eigenvalue weighted by atomic mass is 16.3. The minimum absolute atomic E-state index is 0.102. The second-order valence-electron chi connectivity index (χ2n) is 5.20. The Kier molecular flexibility index (Phi) is 2.59. The molecule has 1 aliphatic carbocycles. The van der Waals surface area contributed by atoms with E-state index in [4.69, 9.17) is 0 Å². The Labute approximate surface area is 92.1 Å². The van der Waals surface area contributed by atoms with Crippen molar-refractivity contribution in [2.24, 2.45) is 0 Å². The van der Waals surface area contributed by atoms with E-state index >= 15 is 0 Å². The highest BCUT2D eigenvalue weighted by Gasteiger charge is 2.36. The number of hydrogen-bond acceptors (Lipinski definition) is 1. The summed E-state index contributed by atoms with van der Waals surface area (Å²) in [5, 5.41) is 9.69. The molecule has 0 amide bonds. The van der Waals surface area contributed by atoms with Gasteiger partial charge in [0.15, 0.2) is 0 Å². The van der Waals surface area contributed by atoms with Gasteiger partial charge in [-0.15, -0.1) is 0 Å². The molecule has 0 saturated heterocycles. The molecule has 2 rings (SSSR count). The Morgan fingerprint density at radius 1 is 1.33 bits per heavy atom. The molecule has 1 heteroatoms. The SMILES string of the molecule is Cc1cccc(C2(C)CCC(O)C2)c1C. The van der Waals surface area contributed by atoms with Gasteiger partial charge in [0.25, 0.3) is 0 Å². The lowest BCUT2D eigenvalue weighted by Gasteiger charge is -2.27. The van der Waals surface area contributed by atoms with Gasteiger partial charge in [0, 0.05) is 0 Å². The zero-order chi connectivity index (χ0) is 11.1. The van der Waals surface area contributed by atoms with Crippen molar-refractivity contribution in [3.63, 3.8) is 0 Å². The van der Waals surface area contributed by atoms with Gasteiger partial charge < -0.3 is 5.11 Å². The Morgan fingerprint density at radius 3 is 2.67 bits per heavy atom. The van der Waals surface area contributed by atoms with E-state index in [9.17, 15) is 5.11 Å². The zero-order valence-electron chi connectivity index (χ0n) is 9.88. The van der Waals surface area contributed by atoms with E-state index in [1.165, 1.54) is 16.7 Å². The Bertz CT molecular complexity index is 370. The van der Waals surface area contributed by atoms with Crippen molar-refractivity contribution >= 4 is 0 Å². The van der Waals surface area contributed by atoms with Gasteiger partial charge in [-0.3, -0.25) is 0 Å². The Morgan fingerprint density at radius 2 is 2.07 bits per heavy atom. The average molecular weight is 204 g/mol. The molecule has 82 valence electrons. The first-order valence-electron chi connectivity index (χ1n) is 5.78. The van der Waals surface area contributed by atoms with Crippen LogP contribution in [0.15, 0.2) is 18.2 Å². The Hall–Kier alpha value is -0.820. The summed E-state index contributed by atoms with van der Waals surface area (Å²) < 4.78 is 0. The second-order valence-corrected chi connectivity index (χ2v) is 5.20. The van der Waals surface area contributed by atoms with Crippen LogP contribution in [0.5, 0.6) is 0 Å². The third kappa shape index (κ3) is 1.81. The van der Waals surface area contributed by atoms with Crippen LogP contribution in [0, 0.1) is 13.8 Å². The molecule has 1 fully saturated rings. The number of hydrogen-bond donors (Lipinski definition) is 1. The molecule has 1 aliphatic rings. The van der Waals surface area contributed by atoms with E-state index < -0.39 is 0 Å². The predicted octanol–water partition coefficient (Wildman–Crippen LogP) is 3.11. The molecule has 15 heavy (non-hydrogen) atoms. The average Bonchev–Trinajstić information content (AvgIpc) is 2.52. The summed E-state index contributed by atoms with van der Waals surface area (Å²) in [5.74, 6) is 0. The van der Waals surface area contributed by atoms with Crippen molar-refractivity contribution in [2.75, 3.05) is 0 Å². The zero-order valence-corrected chi connectivity index (χ0v) is 9.88. The van der Waals surface area contributed by atoms with Crippen molar-refractivity contribution in [3.05, 3.63) is 34.9 Å². The van der Waals surface area contributed by atoms with Gasteiger partial charge in [0.2, 0.25) is 0 Å². The number of aliphatic hydroxyl groups is 1. The van der Waals surface area contributed by atoms with Crippen LogP contribution in [0.2, 0.25) is 0 Å². The van der Waals surface area contributed by atoms with Crippen LogP contribution in [0.4, 0.5) is 0 Å². The summed E-state index contributed by atoms with van der Waals surface area (Å²) in [5.41, 5.74) is 4.37. The van der Waals surface area contributed by atoms with Gasteiger partial charge in [0.1, 0.15) is 0 Å². The maximum absolute atomic E-state index is 9.69. The molecule has 0 bridgehead atoms. The minimum Gasteiger partial charge on any atom is -0.393 e. The lowest BCUT2D eigenvalue weighted by Crippen LogP contribution is -2.20. The van der Waals surface area contributed by atoms with Gasteiger partial charge >= 0.3 is 0 Å². The highest BCUT2D eigenvalue weighted by Crippen LogP contribution is 2.42. The number of rotatable bonds is 1. The normalized spacial score (nSPS) is 30.8. The van der Waals surface area contributed by atoms with Gasteiger partial charge in [-0.05, 0) is 55.2 Å². The quantitative estimate of drug-likeness (QED) is 0.745. The summed E-state index contributed by atoms with van der Waals surface area (Å²) >= 11 is 0. The topological polar surface area (TPSA) is 20.2 Å². The Balaban J connectivity index is 2.41. The van der Waals surface area contributed by atoms with Crippen LogP contribution in [0.3, 0.4) is 0 Å². The van der Waals surface area contributed by atoms with Gasteiger partial charge in [0.05, 0.1) is 6.10 Å². The van der Waals surface area contributed by atoms with Crippen LogP contribution in [0.25, 0.3) is 0 Å². The van der Waals surface area contributed by atoms with Gasteiger partial charge in [-0.2, -0.15) is 0 Å². The summed E-state index contributed by atoms with van der Waals surface area (Å²) in [4.78, 5) is 0. The second kappa shape index (κ2) is 3.64. The molecule has 0 radical (unpaired) electrons. The molecule has 0 spiro atoms. The molecule has 0 aromatic heterocycles. The molecule has 2 unspecified atom stereocenters. The van der Waals surface area contributed by atoms with E-state index in [-0.39, 0.29) is 11.5 Å². The molecule has 0 aliphatic heterocycles. The lowest BCUT2D eigenvalue weighted by molar-refractivity contribution is 0.175. The number of aryl methyl sites for hydroxylation is 1. The predicted molar refractivity (Wildman–Crippen MR) is 63.1 cm³/mol. The fraction of sp³-hybridized carbons (Fsp3) is 0.571. The summed E-state index contributed by atoms with van der Waals surface area (Å²) in [6.07, 6.45) is 2.87. The van der Waals surface area contributed by atoms with Gasteiger partial charge in [-0.1, -0.05) is 25.1 Å². The molecule has 2 atom stereocenters. The van der Waals surface area contributed by atoms with Crippen LogP contribution < -0.4 is 0 Å². The summed E-state index contributed by atoms with van der Waals surface area (Å²) in [6, 6.07) is 6.52. The largest absolute Gasteiger partial charge is 0.393 e. The third-order valence-corrected chi connectivity index (χ3v) is 3.97. The molecule has 1 aromatic rings.